The Hall–Kier alpha value is -1.68. The first-order chi connectivity index (χ1) is 8.08. The quantitative estimate of drug-likeness (QED) is 0.683. The number of pyridine rings is 1. The highest BCUT2D eigenvalue weighted by Gasteiger charge is 2.12. The van der Waals surface area contributed by atoms with E-state index in [4.69, 9.17) is 5.73 Å². The van der Waals surface area contributed by atoms with Gasteiger partial charge in [-0.1, -0.05) is 15.9 Å². The molecule has 0 fully saturated rings. The first-order valence-electron chi connectivity index (χ1n) is 5.09. The molecule has 4 heteroatoms. The number of nitrogens with two attached hydrogens (primary N) is 1. The summed E-state index contributed by atoms with van der Waals surface area (Å²) in [6.07, 6.45) is 3.25. The number of aromatic nitrogens is 1. The van der Waals surface area contributed by atoms with Gasteiger partial charge in [0.15, 0.2) is 5.78 Å². The zero-order chi connectivity index (χ0) is 12.4. The van der Waals surface area contributed by atoms with E-state index in [-0.39, 0.29) is 5.78 Å². The normalized spacial score (nSPS) is 10.2. The number of benzene rings is 1. The first-order valence-corrected chi connectivity index (χ1v) is 5.88. The summed E-state index contributed by atoms with van der Waals surface area (Å²) in [6.45, 7) is 1.89. The van der Waals surface area contributed by atoms with Gasteiger partial charge in [-0.05, 0) is 36.8 Å². The Morgan fingerprint density at radius 1 is 1.35 bits per heavy atom. The molecule has 0 aliphatic heterocycles. The molecule has 2 N–H and O–H groups in total. The summed E-state index contributed by atoms with van der Waals surface area (Å²) in [7, 11) is 0. The van der Waals surface area contributed by atoms with E-state index in [1.54, 1.807) is 30.6 Å². The van der Waals surface area contributed by atoms with E-state index >= 15 is 0 Å². The Balaban J connectivity index is 2.48. The zero-order valence-corrected chi connectivity index (χ0v) is 10.9. The number of hydrogen-bond donors (Lipinski definition) is 1. The molecule has 0 atom stereocenters. The van der Waals surface area contributed by atoms with Gasteiger partial charge in [0.05, 0.1) is 0 Å². The van der Waals surface area contributed by atoms with Gasteiger partial charge < -0.3 is 5.73 Å². The standard InChI is InChI=1S/C13H11BrN2O/c1-8-2-3-16-7-12(8)13(17)9-4-10(14)6-11(15)5-9/h2-7H,15H2,1H3. The minimum absolute atomic E-state index is 0.0661. The summed E-state index contributed by atoms with van der Waals surface area (Å²) in [5, 5.41) is 0. The van der Waals surface area contributed by atoms with Crippen LogP contribution in [0.1, 0.15) is 21.5 Å². The van der Waals surface area contributed by atoms with Crippen molar-refractivity contribution in [2.24, 2.45) is 0 Å². The number of hydrogen-bond acceptors (Lipinski definition) is 3. The van der Waals surface area contributed by atoms with Crippen LogP contribution < -0.4 is 5.73 Å². The third-order valence-corrected chi connectivity index (χ3v) is 2.92. The van der Waals surface area contributed by atoms with Gasteiger partial charge in [-0.25, -0.2) is 0 Å². The van der Waals surface area contributed by atoms with Crippen molar-refractivity contribution in [1.82, 2.24) is 4.98 Å². The fourth-order valence-electron chi connectivity index (χ4n) is 1.60. The maximum Gasteiger partial charge on any atom is 0.194 e. The highest BCUT2D eigenvalue weighted by atomic mass is 79.9. The van der Waals surface area contributed by atoms with Crippen molar-refractivity contribution >= 4 is 27.4 Å². The summed E-state index contributed by atoms with van der Waals surface area (Å²) in [5.74, 6) is -0.0661. The van der Waals surface area contributed by atoms with Crippen molar-refractivity contribution in [2.75, 3.05) is 5.73 Å². The molecule has 1 aromatic heterocycles. The number of carbonyl (C=O) groups is 1. The van der Waals surface area contributed by atoms with Crippen LogP contribution in [0.5, 0.6) is 0 Å². The second-order valence-corrected chi connectivity index (χ2v) is 4.71. The van der Waals surface area contributed by atoms with Crippen molar-refractivity contribution in [3.63, 3.8) is 0 Å². The number of anilines is 1. The van der Waals surface area contributed by atoms with Gasteiger partial charge in [-0.15, -0.1) is 0 Å². The lowest BCUT2D eigenvalue weighted by Gasteiger charge is -2.05. The van der Waals surface area contributed by atoms with Crippen molar-refractivity contribution in [3.05, 3.63) is 57.8 Å². The van der Waals surface area contributed by atoms with Gasteiger partial charge in [0.2, 0.25) is 0 Å². The highest BCUT2D eigenvalue weighted by Crippen LogP contribution is 2.20. The van der Waals surface area contributed by atoms with Crippen LogP contribution in [-0.4, -0.2) is 10.8 Å². The van der Waals surface area contributed by atoms with Crippen LogP contribution in [-0.2, 0) is 0 Å². The molecular weight excluding hydrogens is 280 g/mol. The van der Waals surface area contributed by atoms with Gasteiger partial charge in [-0.2, -0.15) is 0 Å². The van der Waals surface area contributed by atoms with E-state index < -0.39 is 0 Å². The summed E-state index contributed by atoms with van der Waals surface area (Å²) >= 11 is 3.32. The van der Waals surface area contributed by atoms with Crippen molar-refractivity contribution < 1.29 is 4.79 Å². The number of halogens is 1. The van der Waals surface area contributed by atoms with Crippen molar-refractivity contribution in [2.45, 2.75) is 6.92 Å². The minimum atomic E-state index is -0.0661. The van der Waals surface area contributed by atoms with Crippen LogP contribution in [0.3, 0.4) is 0 Å². The fourth-order valence-corrected chi connectivity index (χ4v) is 2.11. The predicted molar refractivity (Wildman–Crippen MR) is 71.0 cm³/mol. The monoisotopic (exact) mass is 290 g/mol. The SMILES string of the molecule is Cc1ccncc1C(=O)c1cc(N)cc(Br)c1. The lowest BCUT2D eigenvalue weighted by molar-refractivity contribution is 0.103. The number of aryl methyl sites for hydroxylation is 1. The first kappa shape index (κ1) is 11.8. The summed E-state index contributed by atoms with van der Waals surface area (Å²) in [6, 6.07) is 6.99. The molecule has 0 radical (unpaired) electrons. The molecule has 0 amide bonds. The maximum atomic E-state index is 12.3. The van der Waals surface area contributed by atoms with Gasteiger partial charge in [0, 0.05) is 33.7 Å². The molecule has 0 aliphatic carbocycles. The Morgan fingerprint density at radius 3 is 2.76 bits per heavy atom. The van der Waals surface area contributed by atoms with E-state index in [2.05, 4.69) is 20.9 Å². The second-order valence-electron chi connectivity index (χ2n) is 3.79. The molecule has 2 aromatic rings. The van der Waals surface area contributed by atoms with E-state index in [0.717, 1.165) is 10.0 Å². The molecule has 1 aromatic carbocycles. The molecule has 0 unspecified atom stereocenters. The molecule has 86 valence electrons. The molecule has 0 saturated heterocycles. The van der Waals surface area contributed by atoms with E-state index in [1.807, 2.05) is 13.0 Å². The third kappa shape index (κ3) is 2.53. The number of nitrogen functional groups attached to an aromatic ring is 1. The summed E-state index contributed by atoms with van der Waals surface area (Å²) in [5.41, 5.74) is 8.35. The van der Waals surface area contributed by atoms with Gasteiger partial charge in [0.25, 0.3) is 0 Å². The van der Waals surface area contributed by atoms with Gasteiger partial charge in [0.1, 0.15) is 0 Å². The molecule has 1 heterocycles. The van der Waals surface area contributed by atoms with E-state index in [9.17, 15) is 4.79 Å². The van der Waals surface area contributed by atoms with Crippen molar-refractivity contribution in [3.8, 4) is 0 Å². The summed E-state index contributed by atoms with van der Waals surface area (Å²) < 4.78 is 0.794. The Labute approximate surface area is 108 Å². The van der Waals surface area contributed by atoms with E-state index in [1.165, 1.54) is 0 Å². The van der Waals surface area contributed by atoms with Gasteiger partial charge in [-0.3, -0.25) is 9.78 Å². The van der Waals surface area contributed by atoms with Crippen LogP contribution in [0.4, 0.5) is 5.69 Å². The van der Waals surface area contributed by atoms with Gasteiger partial charge >= 0.3 is 0 Å². The fraction of sp³-hybridized carbons (Fsp3) is 0.0769. The molecule has 2 rings (SSSR count). The van der Waals surface area contributed by atoms with Crippen LogP contribution in [0.25, 0.3) is 0 Å². The van der Waals surface area contributed by atoms with Crippen LogP contribution >= 0.6 is 15.9 Å². The molecule has 17 heavy (non-hydrogen) atoms. The maximum absolute atomic E-state index is 12.3. The van der Waals surface area contributed by atoms with Crippen LogP contribution in [0.2, 0.25) is 0 Å². The second kappa shape index (κ2) is 4.67. The minimum Gasteiger partial charge on any atom is -0.399 e. The average Bonchev–Trinajstić information content (AvgIpc) is 2.27. The Bertz CT molecular complexity index is 561. The molecule has 3 nitrogen and oxygen atoms in total. The van der Waals surface area contributed by atoms with E-state index in [0.29, 0.717) is 16.8 Å². The molecular formula is C13H11BrN2O. The third-order valence-electron chi connectivity index (χ3n) is 2.47. The van der Waals surface area contributed by atoms with Crippen LogP contribution in [0, 0.1) is 6.92 Å². The largest absolute Gasteiger partial charge is 0.399 e. The lowest BCUT2D eigenvalue weighted by atomic mass is 10.0. The zero-order valence-electron chi connectivity index (χ0n) is 9.27. The average molecular weight is 291 g/mol. The predicted octanol–water partition coefficient (Wildman–Crippen LogP) is 2.97. The summed E-state index contributed by atoms with van der Waals surface area (Å²) in [4.78, 5) is 16.2. The number of carbonyl (C=O) groups excluding carboxylic acids is 1. The van der Waals surface area contributed by atoms with Crippen LogP contribution in [0.15, 0.2) is 41.1 Å². The topological polar surface area (TPSA) is 56.0 Å². The smallest absolute Gasteiger partial charge is 0.194 e. The molecule has 0 bridgehead atoms. The molecule has 0 aliphatic rings. The Kier molecular flexibility index (Phi) is 3.24. The molecule has 0 saturated carbocycles. The number of ketones is 1. The molecule has 0 spiro atoms. The van der Waals surface area contributed by atoms with Crippen molar-refractivity contribution in [1.29, 1.82) is 0 Å². The number of nitrogens with zero attached hydrogens (tertiary/aromatic N) is 1. The lowest BCUT2D eigenvalue weighted by Crippen LogP contribution is -2.05. The Morgan fingerprint density at radius 2 is 2.12 bits per heavy atom. The number of rotatable bonds is 2. The highest BCUT2D eigenvalue weighted by molar-refractivity contribution is 9.10.